The number of amides is 1. The van der Waals surface area contributed by atoms with Crippen LogP contribution in [0.3, 0.4) is 0 Å². The summed E-state index contributed by atoms with van der Waals surface area (Å²) in [5.74, 6) is -7.93. The minimum absolute atomic E-state index is 0.00382. The van der Waals surface area contributed by atoms with Crippen LogP contribution < -0.4 is 0 Å². The molecule has 2 bridgehead atoms. The van der Waals surface area contributed by atoms with Crippen molar-refractivity contribution in [1.29, 1.82) is 0 Å². The molecule has 5 aliphatic rings. The summed E-state index contributed by atoms with van der Waals surface area (Å²) in [5.41, 5.74) is 1.27. The summed E-state index contributed by atoms with van der Waals surface area (Å²) in [6, 6.07) is -1.14. The second kappa shape index (κ2) is 25.8. The lowest BCUT2D eigenvalue weighted by Gasteiger charge is -2.42. The third kappa shape index (κ3) is 14.3. The Bertz CT molecular complexity index is 1970. The molecule has 69 heavy (non-hydrogen) atoms. The average molecular weight is 966 g/mol. The third-order valence-electron chi connectivity index (χ3n) is 15.3. The van der Waals surface area contributed by atoms with E-state index in [9.17, 15) is 34.2 Å². The fourth-order valence-corrected chi connectivity index (χ4v) is 10.9. The summed E-state index contributed by atoms with van der Waals surface area (Å²) in [6.07, 6.45) is 12.0. The number of Topliss-reactive ketones (excluding diaryl/α,β-unsaturated/α-hetero) is 3. The topological polar surface area (TPSA) is 225 Å². The first-order valence-electron chi connectivity index (χ1n) is 25.1. The molecular weight excluding hydrogens is 887 g/mol. The van der Waals surface area contributed by atoms with Crippen molar-refractivity contribution in [2.24, 2.45) is 62.1 Å². The van der Waals surface area contributed by atoms with Crippen LogP contribution in [0.25, 0.3) is 0 Å². The standard InChI is InChI=1S/C52H79N5O12/c1-30-16-12-11-13-17-31(2)42(65-8)28-38-21-19-36(7)52(64,69-38)48(61)50(62)57-23-15-14-18-40(57)51(63)68-43(33(4)26-37-20-22-39(44(27-37)66-9)49-53-55-56-54-49)29-41(58)32(3)25-35(6)46(60)47(67-10)45(59)34(5)24-30/h11-13,16-17,25,30,32-34,36-40,42-44,46-47,49,60,64H,14-15,18-24,26-29H2,1-10H3/b13-11+,16-12-,31-17+,35-25+/t30-,32-,33-,34+,36-,37+,38+,39+,40?,42+,43+,44-,46-,47+,52-/m1/s1. The first-order valence-corrected chi connectivity index (χ1v) is 25.1. The van der Waals surface area contributed by atoms with Crippen LogP contribution in [0.15, 0.2) is 68.3 Å². The van der Waals surface area contributed by atoms with Gasteiger partial charge in [-0.25, -0.2) is 4.79 Å². The fraction of sp³-hybridized carbons (Fsp3) is 0.750. The minimum Gasteiger partial charge on any atom is -0.460 e. The van der Waals surface area contributed by atoms with Gasteiger partial charge < -0.3 is 38.8 Å². The molecule has 5 rings (SSSR count). The highest BCUT2D eigenvalue weighted by Gasteiger charge is 2.53. The van der Waals surface area contributed by atoms with Gasteiger partial charge in [0.05, 0.1) is 18.3 Å². The van der Waals surface area contributed by atoms with Gasteiger partial charge in [0.2, 0.25) is 5.79 Å². The van der Waals surface area contributed by atoms with E-state index in [0.717, 1.165) is 18.4 Å². The number of carbonyl (C=O) groups excluding carboxylic acids is 5. The summed E-state index contributed by atoms with van der Waals surface area (Å²) < 4.78 is 29.9. The number of hydrogen-bond donors (Lipinski definition) is 2. The normalized spacial score (nSPS) is 39.7. The quantitative estimate of drug-likeness (QED) is 0.143. The summed E-state index contributed by atoms with van der Waals surface area (Å²) in [6.45, 7) is 12.8. The van der Waals surface area contributed by atoms with Crippen molar-refractivity contribution in [2.75, 3.05) is 27.9 Å². The number of aliphatic hydroxyl groups is 2. The van der Waals surface area contributed by atoms with Crippen LogP contribution in [-0.2, 0) is 47.7 Å². The molecule has 0 radical (unpaired) electrons. The Morgan fingerprint density at radius 1 is 0.855 bits per heavy atom. The number of fused-ring (bicyclic) bond motifs is 3. The van der Waals surface area contributed by atoms with Crippen molar-refractivity contribution in [1.82, 2.24) is 4.90 Å². The molecule has 1 aliphatic carbocycles. The van der Waals surface area contributed by atoms with Crippen LogP contribution in [0.1, 0.15) is 126 Å². The number of allylic oxidation sites excluding steroid dienone is 6. The fourth-order valence-electron chi connectivity index (χ4n) is 10.9. The Labute approximate surface area is 408 Å². The number of aliphatic hydroxyl groups excluding tert-OH is 1. The molecule has 0 aromatic heterocycles. The Hall–Kier alpha value is -4.13. The van der Waals surface area contributed by atoms with E-state index in [2.05, 4.69) is 20.7 Å². The average Bonchev–Trinajstić information content (AvgIpc) is 3.88. The molecule has 4 aliphatic heterocycles. The molecule has 0 spiro atoms. The predicted molar refractivity (Wildman–Crippen MR) is 256 cm³/mol. The van der Waals surface area contributed by atoms with E-state index >= 15 is 0 Å². The second-order valence-corrected chi connectivity index (χ2v) is 20.5. The third-order valence-corrected chi connectivity index (χ3v) is 15.3. The van der Waals surface area contributed by atoms with E-state index in [1.54, 1.807) is 41.1 Å². The number of ketones is 3. The zero-order valence-corrected chi connectivity index (χ0v) is 42.5. The molecule has 17 nitrogen and oxygen atoms in total. The highest BCUT2D eigenvalue weighted by atomic mass is 16.6. The van der Waals surface area contributed by atoms with Crippen LogP contribution >= 0.6 is 0 Å². The van der Waals surface area contributed by atoms with Gasteiger partial charge in [0.25, 0.3) is 11.7 Å². The number of cyclic esters (lactones) is 1. The van der Waals surface area contributed by atoms with Gasteiger partial charge >= 0.3 is 5.97 Å². The van der Waals surface area contributed by atoms with Crippen LogP contribution in [0.4, 0.5) is 0 Å². The maximum atomic E-state index is 14.5. The molecule has 2 N–H and O–H groups in total. The van der Waals surface area contributed by atoms with Crippen LogP contribution in [0, 0.1) is 41.4 Å². The van der Waals surface area contributed by atoms with Gasteiger partial charge in [0, 0.05) is 64.4 Å². The van der Waals surface area contributed by atoms with Crippen LogP contribution in [-0.4, -0.2) is 127 Å². The largest absolute Gasteiger partial charge is 0.460 e. The van der Waals surface area contributed by atoms with Crippen molar-refractivity contribution in [3.05, 3.63) is 47.6 Å². The van der Waals surface area contributed by atoms with Crippen LogP contribution in [0.5, 0.6) is 0 Å². The molecule has 1 saturated carbocycles. The Morgan fingerprint density at radius 2 is 1.58 bits per heavy atom. The summed E-state index contributed by atoms with van der Waals surface area (Å²) in [7, 11) is 4.62. The second-order valence-electron chi connectivity index (χ2n) is 20.5. The summed E-state index contributed by atoms with van der Waals surface area (Å²) >= 11 is 0. The van der Waals surface area contributed by atoms with Gasteiger partial charge in [-0.3, -0.25) is 19.2 Å². The maximum absolute atomic E-state index is 14.5. The first-order chi connectivity index (χ1) is 32.8. The van der Waals surface area contributed by atoms with E-state index in [1.165, 1.54) is 12.0 Å². The molecule has 4 heterocycles. The van der Waals surface area contributed by atoms with Gasteiger partial charge in [-0.2, -0.15) is 0 Å². The van der Waals surface area contributed by atoms with Gasteiger partial charge in [-0.05, 0) is 117 Å². The molecule has 2 saturated heterocycles. The van der Waals surface area contributed by atoms with E-state index in [1.807, 2.05) is 58.1 Å². The Kier molecular flexibility index (Phi) is 20.9. The Morgan fingerprint density at radius 3 is 2.26 bits per heavy atom. The monoisotopic (exact) mass is 966 g/mol. The molecule has 0 aromatic rings. The van der Waals surface area contributed by atoms with E-state index in [4.69, 9.17) is 23.7 Å². The zero-order valence-electron chi connectivity index (χ0n) is 42.5. The van der Waals surface area contributed by atoms with Crippen molar-refractivity contribution in [3.8, 4) is 0 Å². The smallest absolute Gasteiger partial charge is 0.329 e. The van der Waals surface area contributed by atoms with E-state index < -0.39 is 83.9 Å². The van der Waals surface area contributed by atoms with E-state index in [-0.39, 0.29) is 60.7 Å². The lowest BCUT2D eigenvalue weighted by Crippen LogP contribution is -2.61. The van der Waals surface area contributed by atoms with E-state index in [0.29, 0.717) is 56.9 Å². The maximum Gasteiger partial charge on any atom is 0.329 e. The number of ether oxygens (including phenoxy) is 5. The molecule has 17 heteroatoms. The zero-order chi connectivity index (χ0) is 50.6. The lowest BCUT2D eigenvalue weighted by molar-refractivity contribution is -0.265. The van der Waals surface area contributed by atoms with Crippen LogP contribution in [0.2, 0.25) is 0 Å². The molecule has 0 aromatic carbocycles. The molecule has 384 valence electrons. The van der Waals surface area contributed by atoms with Crippen molar-refractivity contribution in [3.63, 3.8) is 0 Å². The summed E-state index contributed by atoms with van der Waals surface area (Å²) in [4.78, 5) is 72.3. The van der Waals surface area contributed by atoms with Crippen molar-refractivity contribution < 1.29 is 57.9 Å². The van der Waals surface area contributed by atoms with Crippen molar-refractivity contribution >= 4 is 29.2 Å². The highest BCUT2D eigenvalue weighted by molar-refractivity contribution is 6.39. The van der Waals surface area contributed by atoms with Gasteiger partial charge in [0.1, 0.15) is 30.1 Å². The molecule has 3 fully saturated rings. The molecule has 1 unspecified atom stereocenters. The predicted octanol–water partition coefficient (Wildman–Crippen LogP) is 7.60. The highest BCUT2D eigenvalue weighted by Crippen LogP contribution is 2.40. The van der Waals surface area contributed by atoms with Crippen molar-refractivity contribution in [2.45, 2.75) is 180 Å². The number of methoxy groups -OCH3 is 3. The van der Waals surface area contributed by atoms with Gasteiger partial charge in [-0.15, -0.1) is 10.2 Å². The summed E-state index contributed by atoms with van der Waals surface area (Å²) in [5, 5.41) is 39.2. The number of nitrogens with zero attached hydrogens (tertiary/aromatic N) is 5. The van der Waals surface area contributed by atoms with Gasteiger partial charge in [0.15, 0.2) is 11.9 Å². The minimum atomic E-state index is -2.43. The molecular formula is C52H79N5O12. The number of carbonyl (C=O) groups is 5. The molecule has 1 amide bonds. The Balaban J connectivity index is 1.46. The first kappa shape index (κ1) is 55.8. The lowest BCUT2D eigenvalue weighted by atomic mass is 9.74. The number of rotatable bonds is 7. The van der Waals surface area contributed by atoms with Gasteiger partial charge in [-0.1, -0.05) is 71.1 Å². The number of piperidine rings is 1. The number of esters is 1. The molecule has 15 atom stereocenters. The SMILES string of the molecule is CO[C@H]1C[C@@H]2CC[C@@H](C)[C@@](O)(O2)C(=O)C(=O)N2CCCCC2C(=O)O[C@H]([C@H](C)C[C@@H]2CC[C@H](C3N=NN=N3)[C@H](OC)C2)CC(=O)[C@H](C)/C=C(\C)[C@@H](O)[C@@H](OC)C(=O)[C@@H](C)C[C@H](C)\C=C/C=C/C=C/1C. The number of hydrogen-bond acceptors (Lipinski definition) is 16.